The highest BCUT2D eigenvalue weighted by Gasteiger charge is 2.36. The first-order valence-electron chi connectivity index (χ1n) is 10.8. The van der Waals surface area contributed by atoms with Gasteiger partial charge in [0, 0.05) is 28.2 Å². The van der Waals surface area contributed by atoms with Crippen LogP contribution in [0.25, 0.3) is 6.08 Å². The molecule has 3 aromatic rings. The molecule has 3 amide bonds. The van der Waals surface area contributed by atoms with E-state index in [2.05, 4.69) is 21.2 Å². The van der Waals surface area contributed by atoms with Crippen LogP contribution in [-0.2, 0) is 16.2 Å². The first-order chi connectivity index (χ1) is 18.1. The zero-order chi connectivity index (χ0) is 27.4. The van der Waals surface area contributed by atoms with Crippen molar-refractivity contribution in [3.8, 4) is 5.75 Å². The largest absolute Gasteiger partial charge is 0.488 e. The lowest BCUT2D eigenvalue weighted by Crippen LogP contribution is -2.36. The van der Waals surface area contributed by atoms with Crippen LogP contribution >= 0.6 is 27.7 Å². The number of thioether (sulfide) groups is 1. The average molecular weight is 604 g/mol. The van der Waals surface area contributed by atoms with E-state index in [-0.39, 0.29) is 22.9 Å². The van der Waals surface area contributed by atoms with Gasteiger partial charge in [-0.25, -0.2) is 8.78 Å². The highest BCUT2D eigenvalue weighted by Crippen LogP contribution is 2.35. The minimum atomic E-state index is -0.997. The molecule has 1 fully saturated rings. The number of hydrogen-bond acceptors (Lipinski definition) is 7. The number of nitro benzene ring substituents is 1. The molecule has 1 aliphatic rings. The van der Waals surface area contributed by atoms with Crippen molar-refractivity contribution in [3.63, 3.8) is 0 Å². The van der Waals surface area contributed by atoms with Gasteiger partial charge in [-0.1, -0.05) is 15.9 Å². The molecule has 1 aliphatic heterocycles. The number of ether oxygens (including phenoxy) is 1. The molecule has 0 unspecified atom stereocenters. The Morgan fingerprint density at radius 3 is 2.53 bits per heavy atom. The van der Waals surface area contributed by atoms with Crippen molar-refractivity contribution in [1.29, 1.82) is 0 Å². The maximum absolute atomic E-state index is 13.8. The maximum atomic E-state index is 13.8. The second-order valence-corrected chi connectivity index (χ2v) is 9.74. The number of benzene rings is 3. The van der Waals surface area contributed by atoms with Gasteiger partial charge in [0.1, 0.15) is 30.5 Å². The third-order valence-corrected chi connectivity index (χ3v) is 6.58. The number of amides is 3. The molecular formula is C25H16BrF2N3O6S. The molecule has 194 valence electrons. The summed E-state index contributed by atoms with van der Waals surface area (Å²) in [5, 5.41) is 12.3. The molecule has 3 aromatic carbocycles. The van der Waals surface area contributed by atoms with Crippen molar-refractivity contribution < 1.29 is 32.8 Å². The molecule has 0 bridgehead atoms. The van der Waals surface area contributed by atoms with E-state index >= 15 is 0 Å². The Morgan fingerprint density at radius 2 is 1.84 bits per heavy atom. The van der Waals surface area contributed by atoms with E-state index in [0.717, 1.165) is 12.1 Å². The number of hydrogen-bond donors (Lipinski definition) is 1. The molecule has 9 nitrogen and oxygen atoms in total. The summed E-state index contributed by atoms with van der Waals surface area (Å²) in [6.07, 6.45) is 1.44. The summed E-state index contributed by atoms with van der Waals surface area (Å²) in [6.45, 7) is -0.580. The molecule has 0 aliphatic carbocycles. The van der Waals surface area contributed by atoms with Crippen molar-refractivity contribution in [2.75, 3.05) is 11.9 Å². The Labute approximate surface area is 226 Å². The molecular weight excluding hydrogens is 588 g/mol. The predicted octanol–water partition coefficient (Wildman–Crippen LogP) is 5.89. The minimum Gasteiger partial charge on any atom is -0.488 e. The second-order valence-electron chi connectivity index (χ2n) is 7.83. The van der Waals surface area contributed by atoms with Gasteiger partial charge in [-0.3, -0.25) is 29.4 Å². The molecule has 1 heterocycles. The van der Waals surface area contributed by atoms with Crippen LogP contribution in [0.15, 0.2) is 70.0 Å². The van der Waals surface area contributed by atoms with Crippen LogP contribution in [-0.4, -0.2) is 33.4 Å². The summed E-state index contributed by atoms with van der Waals surface area (Å²) in [4.78, 5) is 48.7. The summed E-state index contributed by atoms with van der Waals surface area (Å²) in [5.41, 5.74) is 0.797. The Hall–Kier alpha value is -4.10. The number of non-ortho nitro benzene ring substituents is 1. The van der Waals surface area contributed by atoms with E-state index in [9.17, 15) is 33.3 Å². The molecule has 0 radical (unpaired) electrons. The van der Waals surface area contributed by atoms with Gasteiger partial charge >= 0.3 is 0 Å². The lowest BCUT2D eigenvalue weighted by atomic mass is 10.1. The predicted molar refractivity (Wildman–Crippen MR) is 139 cm³/mol. The number of carbonyl (C=O) groups is 3. The number of anilines is 1. The average Bonchev–Trinajstić information content (AvgIpc) is 3.12. The third kappa shape index (κ3) is 6.42. The van der Waals surface area contributed by atoms with Crippen LogP contribution in [0.4, 0.5) is 25.0 Å². The highest BCUT2D eigenvalue weighted by atomic mass is 79.9. The van der Waals surface area contributed by atoms with E-state index in [1.54, 1.807) is 30.3 Å². The smallest absolute Gasteiger partial charge is 0.294 e. The molecule has 4 rings (SSSR count). The number of imide groups is 1. The lowest BCUT2D eigenvalue weighted by Gasteiger charge is -2.13. The molecule has 38 heavy (non-hydrogen) atoms. The molecule has 1 N–H and O–H groups in total. The number of nitrogens with zero attached hydrogens (tertiary/aromatic N) is 2. The van der Waals surface area contributed by atoms with Crippen molar-refractivity contribution in [2.45, 2.75) is 6.61 Å². The summed E-state index contributed by atoms with van der Waals surface area (Å²) in [7, 11) is 0. The van der Waals surface area contributed by atoms with Gasteiger partial charge < -0.3 is 10.1 Å². The number of halogens is 3. The van der Waals surface area contributed by atoms with E-state index < -0.39 is 40.2 Å². The Bertz CT molecular complexity index is 1480. The van der Waals surface area contributed by atoms with Crippen LogP contribution in [0, 0.1) is 21.7 Å². The van der Waals surface area contributed by atoms with Gasteiger partial charge in [0.25, 0.3) is 16.8 Å². The van der Waals surface area contributed by atoms with Gasteiger partial charge in [0.2, 0.25) is 5.91 Å². The fourth-order valence-corrected chi connectivity index (χ4v) is 4.55. The van der Waals surface area contributed by atoms with Crippen molar-refractivity contribution >= 4 is 62.2 Å². The Morgan fingerprint density at radius 1 is 1.11 bits per heavy atom. The monoisotopic (exact) mass is 603 g/mol. The zero-order valence-electron chi connectivity index (χ0n) is 19.2. The fraction of sp³-hybridized carbons (Fsp3) is 0.0800. The van der Waals surface area contributed by atoms with E-state index in [0.29, 0.717) is 44.1 Å². The number of nitrogens with one attached hydrogen (secondary N) is 1. The molecule has 0 saturated carbocycles. The maximum Gasteiger partial charge on any atom is 0.294 e. The molecule has 0 spiro atoms. The van der Waals surface area contributed by atoms with Crippen LogP contribution in [0.2, 0.25) is 0 Å². The van der Waals surface area contributed by atoms with Gasteiger partial charge in [-0.15, -0.1) is 0 Å². The molecule has 0 aromatic heterocycles. The summed E-state index contributed by atoms with van der Waals surface area (Å²) < 4.78 is 33.4. The standard InChI is InChI=1S/C25H16BrF2N3O6S/c26-16-3-8-21(37-13-14-1-5-18(6-2-14)31(35)36)15(9-16)10-22-24(33)30(25(34)38-22)12-23(32)29-20-7-4-17(27)11-19(20)28/h1-11H,12-13H2,(H,29,32)/b22-10-. The summed E-state index contributed by atoms with van der Waals surface area (Å²) in [6, 6.07) is 13.5. The first-order valence-corrected chi connectivity index (χ1v) is 12.4. The van der Waals surface area contributed by atoms with Gasteiger partial charge in [-0.05, 0) is 65.9 Å². The fourth-order valence-electron chi connectivity index (χ4n) is 3.34. The number of rotatable bonds is 8. The SMILES string of the molecule is O=C(CN1C(=O)S/C(=C\c2cc(Br)ccc2OCc2ccc([N+](=O)[O-])cc2)C1=O)Nc1ccc(F)cc1F. The molecule has 1 saturated heterocycles. The number of nitro groups is 1. The third-order valence-electron chi connectivity index (χ3n) is 5.18. The minimum absolute atomic E-state index is 0.0362. The van der Waals surface area contributed by atoms with Crippen molar-refractivity contribution in [2.24, 2.45) is 0 Å². The van der Waals surface area contributed by atoms with Gasteiger partial charge in [0.15, 0.2) is 0 Å². The van der Waals surface area contributed by atoms with E-state index in [1.165, 1.54) is 18.2 Å². The first kappa shape index (κ1) is 26.9. The van der Waals surface area contributed by atoms with Crippen LogP contribution < -0.4 is 10.1 Å². The van der Waals surface area contributed by atoms with E-state index in [4.69, 9.17) is 4.74 Å². The topological polar surface area (TPSA) is 119 Å². The molecule has 13 heteroatoms. The lowest BCUT2D eigenvalue weighted by molar-refractivity contribution is -0.384. The number of carbonyl (C=O) groups excluding carboxylic acids is 3. The quantitative estimate of drug-likeness (QED) is 0.194. The van der Waals surface area contributed by atoms with Crippen LogP contribution in [0.5, 0.6) is 5.75 Å². The second kappa shape index (κ2) is 11.5. The van der Waals surface area contributed by atoms with Gasteiger partial charge in [0.05, 0.1) is 15.5 Å². The summed E-state index contributed by atoms with van der Waals surface area (Å²) >= 11 is 3.98. The van der Waals surface area contributed by atoms with Crippen LogP contribution in [0.1, 0.15) is 11.1 Å². The van der Waals surface area contributed by atoms with Crippen LogP contribution in [0.3, 0.4) is 0 Å². The zero-order valence-corrected chi connectivity index (χ0v) is 21.6. The summed E-state index contributed by atoms with van der Waals surface area (Å²) in [5.74, 6) is -3.00. The van der Waals surface area contributed by atoms with Crippen molar-refractivity contribution in [3.05, 3.63) is 103 Å². The highest BCUT2D eigenvalue weighted by molar-refractivity contribution is 9.10. The van der Waals surface area contributed by atoms with Gasteiger partial charge in [-0.2, -0.15) is 0 Å². The molecule has 0 atom stereocenters. The van der Waals surface area contributed by atoms with Crippen molar-refractivity contribution in [1.82, 2.24) is 4.90 Å². The Kier molecular flexibility index (Phi) is 8.17. The normalized spacial score (nSPS) is 14.2. The Balaban J connectivity index is 1.47. The van der Waals surface area contributed by atoms with E-state index in [1.807, 2.05) is 0 Å².